The standard InChI is InChI=1S/C26H24Cl2N4O3S.C21H20BrCl2N3O2S.C5H6BNO3/c1-14(2)6-9-21-22(15-7-8-19(27)20(28)12-15)31-26(36-21)32-23-18(25(34)35-3)11-16(13-30-23)17-5-4-10-29-24(17)33;1-11(2)4-7-17-18(12-5-6-15(23)16(24)8-12)26-21(30-17)27-19-14(20(28)29-3)9-13(22)10-25-19;8-5-4(6(9)10)2-1-3-7-5/h4-5,7-8,10-14H,6,9H2,1-3H3,(H,29,33)(H,30,31,32);5-6,8-11H,4,7H2,1-3H3,(H,25,26,27);1-3,9-10H,(H,7,8). The summed E-state index contributed by atoms with van der Waals surface area (Å²) in [7, 11) is 0.942. The van der Waals surface area contributed by atoms with E-state index in [1.54, 1.807) is 54.9 Å². The number of hydrogen-bond donors (Lipinski definition) is 6. The first kappa shape index (κ1) is 59.3. The molecule has 0 spiro atoms. The van der Waals surface area contributed by atoms with Crippen molar-refractivity contribution in [2.45, 2.75) is 53.4 Å². The number of anilines is 4. The first-order chi connectivity index (χ1) is 36.3. The summed E-state index contributed by atoms with van der Waals surface area (Å²) in [4.78, 5) is 73.1. The van der Waals surface area contributed by atoms with E-state index < -0.39 is 24.6 Å². The Kier molecular flexibility index (Phi) is 21.8. The average molecular weight is 1210 g/mol. The number of ether oxygens (including phenoxy) is 2. The summed E-state index contributed by atoms with van der Waals surface area (Å²) in [5.74, 6) is 0.682. The van der Waals surface area contributed by atoms with Crippen LogP contribution in [0.3, 0.4) is 0 Å². The largest absolute Gasteiger partial charge is 0.494 e. The van der Waals surface area contributed by atoms with Crippen LogP contribution < -0.4 is 27.2 Å². The number of aromatic nitrogens is 6. The summed E-state index contributed by atoms with van der Waals surface area (Å²) in [6.45, 7) is 8.72. The third kappa shape index (κ3) is 16.1. The van der Waals surface area contributed by atoms with Crippen LogP contribution in [0.2, 0.25) is 20.1 Å². The second kappa shape index (κ2) is 27.9. The van der Waals surface area contributed by atoms with Gasteiger partial charge in [-0.25, -0.2) is 29.5 Å². The first-order valence-electron chi connectivity index (χ1n) is 23.2. The number of aromatic amines is 2. The average Bonchev–Trinajstić information content (AvgIpc) is 4.00. The Morgan fingerprint density at radius 1 is 0.658 bits per heavy atom. The molecule has 0 unspecified atom stereocenters. The maximum absolute atomic E-state index is 12.6. The van der Waals surface area contributed by atoms with Crippen molar-refractivity contribution in [1.29, 1.82) is 0 Å². The molecule has 76 heavy (non-hydrogen) atoms. The molecule has 396 valence electrons. The van der Waals surface area contributed by atoms with Crippen LogP contribution in [0.25, 0.3) is 33.6 Å². The fourth-order valence-electron chi connectivity index (χ4n) is 7.00. The van der Waals surface area contributed by atoms with Crippen LogP contribution in [0, 0.1) is 11.8 Å². The third-order valence-electron chi connectivity index (χ3n) is 10.9. The Labute approximate surface area is 474 Å². The molecule has 0 bridgehead atoms. The molecule has 0 aliphatic heterocycles. The van der Waals surface area contributed by atoms with Crippen molar-refractivity contribution < 1.29 is 29.1 Å². The van der Waals surface area contributed by atoms with E-state index in [2.05, 4.69) is 74.2 Å². The Balaban J connectivity index is 0.000000211. The Hall–Kier alpha value is -5.94. The number of rotatable bonds is 16. The van der Waals surface area contributed by atoms with Gasteiger partial charge in [0.2, 0.25) is 5.56 Å². The fraction of sp³-hybridized carbons (Fsp3) is 0.231. The Morgan fingerprint density at radius 2 is 1.13 bits per heavy atom. The highest BCUT2D eigenvalue weighted by Crippen LogP contribution is 2.39. The zero-order valence-electron chi connectivity index (χ0n) is 41.6. The van der Waals surface area contributed by atoms with Crippen LogP contribution in [0.15, 0.2) is 112 Å². The zero-order chi connectivity index (χ0) is 55.2. The number of aryl methyl sites for hydroxylation is 2. The Bertz CT molecular complexity index is 3450. The minimum absolute atomic E-state index is 0.0394. The van der Waals surface area contributed by atoms with Crippen LogP contribution >= 0.6 is 85.0 Å². The van der Waals surface area contributed by atoms with Gasteiger partial charge in [0.1, 0.15) is 22.8 Å². The molecule has 0 radical (unpaired) electrons. The van der Waals surface area contributed by atoms with Crippen LogP contribution in [0.4, 0.5) is 21.9 Å². The van der Waals surface area contributed by atoms with Crippen molar-refractivity contribution in [3.8, 4) is 33.6 Å². The molecule has 6 N–H and O–H groups in total. The number of esters is 2. The second-order valence-electron chi connectivity index (χ2n) is 17.3. The quantitative estimate of drug-likeness (QED) is 0.0390. The van der Waals surface area contributed by atoms with E-state index >= 15 is 0 Å². The molecule has 24 heteroatoms. The van der Waals surface area contributed by atoms with Crippen molar-refractivity contribution >= 4 is 131 Å². The van der Waals surface area contributed by atoms with Gasteiger partial charge < -0.3 is 40.1 Å². The first-order valence-corrected chi connectivity index (χ1v) is 27.2. The molecule has 0 atom stereocenters. The number of pyridine rings is 4. The Morgan fingerprint density at radius 3 is 1.57 bits per heavy atom. The van der Waals surface area contributed by atoms with E-state index in [9.17, 15) is 19.2 Å². The summed E-state index contributed by atoms with van der Waals surface area (Å²) in [5.41, 5.74) is 4.00. The molecule has 2 aromatic carbocycles. The minimum atomic E-state index is -1.69. The van der Waals surface area contributed by atoms with E-state index in [4.69, 9.17) is 75.9 Å². The van der Waals surface area contributed by atoms with Gasteiger partial charge in [-0.05, 0) is 108 Å². The van der Waals surface area contributed by atoms with E-state index in [1.807, 2.05) is 18.2 Å². The molecular weight excluding hydrogens is 1160 g/mol. The number of carbonyl (C=O) groups is 2. The molecule has 0 aliphatic rings. The lowest BCUT2D eigenvalue weighted by Gasteiger charge is -2.10. The lowest BCUT2D eigenvalue weighted by atomic mass is 9.81. The number of H-pyrrole nitrogens is 2. The number of carbonyl (C=O) groups excluding carboxylic acids is 2. The molecular formula is C52H50BBrCl4N8O8S2. The molecule has 16 nitrogen and oxygen atoms in total. The summed E-state index contributed by atoms with van der Waals surface area (Å²) in [5, 5.41) is 26.5. The topological polar surface area (TPSA) is 234 Å². The number of benzene rings is 2. The molecule has 0 fully saturated rings. The lowest BCUT2D eigenvalue weighted by molar-refractivity contribution is 0.0592. The predicted molar refractivity (Wildman–Crippen MR) is 310 cm³/mol. The number of methoxy groups -OCH3 is 2. The number of thiazole rings is 2. The molecule has 0 aliphatic carbocycles. The van der Waals surface area contributed by atoms with E-state index in [-0.39, 0.29) is 22.4 Å². The molecule has 6 heterocycles. The fourth-order valence-corrected chi connectivity index (χ4v) is 9.92. The summed E-state index contributed by atoms with van der Waals surface area (Å²) >= 11 is 31.0. The maximum Gasteiger partial charge on any atom is 0.494 e. The van der Waals surface area contributed by atoms with Crippen LogP contribution in [0.5, 0.6) is 0 Å². The number of halogens is 5. The lowest BCUT2D eigenvalue weighted by Crippen LogP contribution is -2.42. The van der Waals surface area contributed by atoms with Gasteiger partial charge in [0.25, 0.3) is 5.56 Å². The van der Waals surface area contributed by atoms with Crippen LogP contribution in [-0.4, -0.2) is 73.2 Å². The smallest absolute Gasteiger partial charge is 0.465 e. The molecule has 0 saturated carbocycles. The van der Waals surface area contributed by atoms with Gasteiger partial charge in [-0.2, -0.15) is 0 Å². The van der Waals surface area contributed by atoms with E-state index in [1.165, 1.54) is 61.4 Å². The maximum atomic E-state index is 12.6. The highest BCUT2D eigenvalue weighted by molar-refractivity contribution is 9.10. The summed E-state index contributed by atoms with van der Waals surface area (Å²) in [6, 6.07) is 20.4. The van der Waals surface area contributed by atoms with Crippen molar-refractivity contribution in [1.82, 2.24) is 29.9 Å². The molecule has 0 amide bonds. The van der Waals surface area contributed by atoms with Gasteiger partial charge in [-0.3, -0.25) is 9.59 Å². The number of hydrogen-bond acceptors (Lipinski definition) is 16. The molecule has 8 rings (SSSR count). The second-order valence-corrected chi connectivity index (χ2v) is 22.1. The monoisotopic (exact) mass is 1210 g/mol. The zero-order valence-corrected chi connectivity index (χ0v) is 47.9. The van der Waals surface area contributed by atoms with Crippen LogP contribution in [-0.2, 0) is 22.3 Å². The SMILES string of the molecule is COC(=O)c1cc(-c2ccc[nH]c2=O)cnc1Nc1nc(-c2ccc(Cl)c(Cl)c2)c(CCC(C)C)s1.COC(=O)c1cc(Br)cnc1Nc1nc(-c2ccc(Cl)c(Cl)c2)c(CCC(C)C)s1.O=c1[nH]cccc1B(O)O. The van der Waals surface area contributed by atoms with Crippen molar-refractivity contribution in [2.24, 2.45) is 11.8 Å². The molecule has 6 aromatic heterocycles. The predicted octanol–water partition coefficient (Wildman–Crippen LogP) is 12.4. The van der Waals surface area contributed by atoms with Crippen molar-refractivity contribution in [3.05, 3.63) is 164 Å². The molecule has 8 aromatic rings. The van der Waals surface area contributed by atoms with E-state index in [0.717, 1.165) is 58.0 Å². The molecule has 0 saturated heterocycles. The summed E-state index contributed by atoms with van der Waals surface area (Å²) in [6.07, 6.45) is 9.84. The highest BCUT2D eigenvalue weighted by Gasteiger charge is 2.22. The van der Waals surface area contributed by atoms with Gasteiger partial charge in [0.15, 0.2) is 10.3 Å². The third-order valence-corrected chi connectivity index (χ3v) is 14.9. The van der Waals surface area contributed by atoms with Gasteiger partial charge >= 0.3 is 19.1 Å². The normalized spacial score (nSPS) is 10.8. The van der Waals surface area contributed by atoms with Crippen molar-refractivity contribution in [3.63, 3.8) is 0 Å². The van der Waals surface area contributed by atoms with E-state index in [0.29, 0.717) is 69.2 Å². The minimum Gasteiger partial charge on any atom is -0.465 e. The van der Waals surface area contributed by atoms with Crippen LogP contribution in [0.1, 0.15) is 71.0 Å². The number of nitrogens with one attached hydrogen (secondary N) is 4. The van der Waals surface area contributed by atoms with Crippen molar-refractivity contribution in [2.75, 3.05) is 24.9 Å². The highest BCUT2D eigenvalue weighted by atomic mass is 79.9. The van der Waals surface area contributed by atoms with Gasteiger partial charge in [-0.15, -0.1) is 22.7 Å². The van der Waals surface area contributed by atoms with Gasteiger partial charge in [0.05, 0.1) is 45.7 Å². The van der Waals surface area contributed by atoms with Gasteiger partial charge in [0, 0.05) is 66.7 Å². The summed E-state index contributed by atoms with van der Waals surface area (Å²) < 4.78 is 10.5. The van der Waals surface area contributed by atoms with Gasteiger partial charge in [-0.1, -0.05) is 92.3 Å². The number of nitrogens with zero attached hydrogens (tertiary/aromatic N) is 4.